The molecule has 0 fully saturated rings. The molecular formula is C39H65NO6. The molecule has 0 unspecified atom stereocenters. The number of ketones is 1. The fourth-order valence-electron chi connectivity index (χ4n) is 6.82. The molecule has 0 saturated heterocycles. The number of carbonyl (C=O) groups is 3. The van der Waals surface area contributed by atoms with Crippen LogP contribution >= 0.6 is 0 Å². The van der Waals surface area contributed by atoms with Gasteiger partial charge in [0, 0.05) is 18.4 Å². The van der Waals surface area contributed by atoms with Crippen molar-refractivity contribution in [2.75, 3.05) is 6.61 Å². The number of hydrogen-bond acceptors (Lipinski definition) is 5. The largest absolute Gasteiger partial charge is 0.487 e. The predicted molar refractivity (Wildman–Crippen MR) is 187 cm³/mol. The highest BCUT2D eigenvalue weighted by Crippen LogP contribution is 2.45. The first-order valence-corrected chi connectivity index (χ1v) is 18.2. The highest BCUT2D eigenvalue weighted by Gasteiger charge is 2.34. The first-order valence-electron chi connectivity index (χ1n) is 18.2. The van der Waals surface area contributed by atoms with Crippen molar-refractivity contribution in [2.24, 2.45) is 17.8 Å². The van der Waals surface area contributed by atoms with Gasteiger partial charge in [-0.15, -0.1) is 0 Å². The number of aliphatic carboxylic acids is 1. The highest BCUT2D eigenvalue weighted by atomic mass is 16.5. The van der Waals surface area contributed by atoms with Crippen LogP contribution in [0.4, 0.5) is 0 Å². The Hall–Kier alpha value is -2.57. The van der Waals surface area contributed by atoms with Gasteiger partial charge in [0.25, 0.3) is 5.91 Å². The molecule has 0 saturated carbocycles. The van der Waals surface area contributed by atoms with Gasteiger partial charge in [-0.1, -0.05) is 79.6 Å². The van der Waals surface area contributed by atoms with Crippen LogP contribution in [0, 0.1) is 38.5 Å². The number of carbonyl (C=O) groups excluding carboxylic acids is 2. The van der Waals surface area contributed by atoms with Crippen molar-refractivity contribution < 1.29 is 29.0 Å². The third kappa shape index (κ3) is 12.9. The van der Waals surface area contributed by atoms with Crippen LogP contribution in [-0.4, -0.2) is 41.0 Å². The number of rotatable bonds is 22. The maximum atomic E-state index is 12.7. The Morgan fingerprint density at radius 2 is 1.48 bits per heavy atom. The SMILES string of the molecule is CCCC(=O)CC[C@H](NC(=O)COc1c(C)c(C)c2c(c1C)CC[C@@](C)(CCC[C@H](C)CCC[C@H](C)CCCC(C)C)O2)C(=O)O. The molecule has 2 rings (SSSR count). The van der Waals surface area contributed by atoms with Crippen LogP contribution in [0.5, 0.6) is 11.5 Å². The molecule has 262 valence electrons. The fourth-order valence-corrected chi connectivity index (χ4v) is 6.82. The zero-order valence-electron chi connectivity index (χ0n) is 30.6. The predicted octanol–water partition coefficient (Wildman–Crippen LogP) is 9.23. The number of hydrogen-bond donors (Lipinski definition) is 2. The van der Waals surface area contributed by atoms with Crippen molar-refractivity contribution in [3.63, 3.8) is 0 Å². The van der Waals surface area contributed by atoms with Crippen LogP contribution in [0.25, 0.3) is 0 Å². The monoisotopic (exact) mass is 643 g/mol. The Kier molecular flexibility index (Phi) is 16.6. The van der Waals surface area contributed by atoms with Gasteiger partial charge in [-0.3, -0.25) is 9.59 Å². The molecule has 0 bridgehead atoms. The second-order valence-corrected chi connectivity index (χ2v) is 15.0. The number of Topliss-reactive ketones (excluding diaryl/α,β-unsaturated/α-hetero) is 1. The summed E-state index contributed by atoms with van der Waals surface area (Å²) in [6.45, 7) is 19.3. The summed E-state index contributed by atoms with van der Waals surface area (Å²) in [5.41, 5.74) is 3.86. The smallest absolute Gasteiger partial charge is 0.326 e. The van der Waals surface area contributed by atoms with Gasteiger partial charge in [0.05, 0.1) is 0 Å². The van der Waals surface area contributed by atoms with E-state index in [-0.39, 0.29) is 30.8 Å². The van der Waals surface area contributed by atoms with Crippen molar-refractivity contribution in [3.05, 3.63) is 22.3 Å². The molecule has 1 aliphatic heterocycles. The van der Waals surface area contributed by atoms with Crippen LogP contribution < -0.4 is 14.8 Å². The lowest BCUT2D eigenvalue weighted by Crippen LogP contribution is -2.43. The maximum Gasteiger partial charge on any atom is 0.326 e. The van der Waals surface area contributed by atoms with Gasteiger partial charge in [-0.2, -0.15) is 0 Å². The molecule has 4 atom stereocenters. The molecule has 0 spiro atoms. The Morgan fingerprint density at radius 3 is 2.07 bits per heavy atom. The highest BCUT2D eigenvalue weighted by molar-refractivity contribution is 5.85. The number of carboxylic acid groups (broad SMARTS) is 1. The van der Waals surface area contributed by atoms with E-state index in [1.165, 1.54) is 44.9 Å². The van der Waals surface area contributed by atoms with E-state index in [2.05, 4.69) is 39.9 Å². The maximum absolute atomic E-state index is 12.7. The summed E-state index contributed by atoms with van der Waals surface area (Å²) >= 11 is 0. The summed E-state index contributed by atoms with van der Waals surface area (Å²) in [6.07, 6.45) is 14.6. The fraction of sp³-hybridized carbons (Fsp3) is 0.769. The molecule has 2 N–H and O–H groups in total. The van der Waals surface area contributed by atoms with Gasteiger partial charge in [0.2, 0.25) is 0 Å². The molecular weight excluding hydrogens is 578 g/mol. The number of fused-ring (bicyclic) bond motifs is 1. The number of amides is 1. The quantitative estimate of drug-likeness (QED) is 0.131. The van der Waals surface area contributed by atoms with E-state index >= 15 is 0 Å². The van der Waals surface area contributed by atoms with E-state index in [0.717, 1.165) is 77.9 Å². The van der Waals surface area contributed by atoms with E-state index in [4.69, 9.17) is 9.47 Å². The molecule has 0 aliphatic carbocycles. The lowest BCUT2D eigenvalue weighted by Gasteiger charge is -2.38. The van der Waals surface area contributed by atoms with Gasteiger partial charge in [-0.05, 0) is 101 Å². The summed E-state index contributed by atoms with van der Waals surface area (Å²) in [5, 5.41) is 12.1. The van der Waals surface area contributed by atoms with Crippen LogP contribution in [0.1, 0.15) is 154 Å². The topological polar surface area (TPSA) is 102 Å². The minimum Gasteiger partial charge on any atom is -0.487 e. The summed E-state index contributed by atoms with van der Waals surface area (Å²) in [4.78, 5) is 36.2. The molecule has 1 aromatic carbocycles. The molecule has 7 nitrogen and oxygen atoms in total. The standard InChI is InChI=1S/C39H65NO6/c1-10-14-32(41)20-21-34(38(43)44)40-35(42)25-45-36-29(6)30(7)37-33(31(36)8)22-24-39(9,46-37)23-13-19-28(5)18-12-17-27(4)16-11-15-26(2)3/h26-28,34H,10-25H2,1-9H3,(H,40,42)(H,43,44)/t27-,28-,34+,39-/m1/s1. The summed E-state index contributed by atoms with van der Waals surface area (Å²) in [6, 6.07) is -1.12. The van der Waals surface area contributed by atoms with E-state index in [9.17, 15) is 19.5 Å². The van der Waals surface area contributed by atoms with Crippen molar-refractivity contribution in [1.29, 1.82) is 0 Å². The van der Waals surface area contributed by atoms with Crippen LogP contribution in [0.3, 0.4) is 0 Å². The lowest BCUT2D eigenvalue weighted by atomic mass is 9.83. The molecule has 0 radical (unpaired) electrons. The van der Waals surface area contributed by atoms with Gasteiger partial charge in [-0.25, -0.2) is 4.79 Å². The Bertz CT molecular complexity index is 1140. The lowest BCUT2D eigenvalue weighted by molar-refractivity contribution is -0.142. The zero-order valence-corrected chi connectivity index (χ0v) is 30.6. The van der Waals surface area contributed by atoms with E-state index in [0.29, 0.717) is 12.2 Å². The summed E-state index contributed by atoms with van der Waals surface area (Å²) in [7, 11) is 0. The molecule has 7 heteroatoms. The van der Waals surface area contributed by atoms with Gasteiger partial charge in [0.1, 0.15) is 28.9 Å². The molecule has 0 aromatic heterocycles. The first-order chi connectivity index (χ1) is 21.7. The number of ether oxygens (including phenoxy) is 2. The first kappa shape index (κ1) is 39.6. The van der Waals surface area contributed by atoms with Gasteiger partial charge in [0.15, 0.2) is 6.61 Å². The summed E-state index contributed by atoms with van der Waals surface area (Å²) in [5.74, 6) is 2.33. The second kappa shape index (κ2) is 19.3. The number of carboxylic acids is 1. The zero-order chi connectivity index (χ0) is 34.4. The van der Waals surface area contributed by atoms with Gasteiger partial charge < -0.3 is 19.9 Å². The minimum atomic E-state index is -1.15. The molecule has 46 heavy (non-hydrogen) atoms. The Labute approximate surface area is 280 Å². The minimum absolute atomic E-state index is 0.00572. The van der Waals surface area contributed by atoms with Crippen LogP contribution in [0.15, 0.2) is 0 Å². The van der Waals surface area contributed by atoms with Gasteiger partial charge >= 0.3 is 5.97 Å². The third-order valence-corrected chi connectivity index (χ3v) is 10.1. The average Bonchev–Trinajstić information content (AvgIpc) is 2.97. The summed E-state index contributed by atoms with van der Waals surface area (Å²) < 4.78 is 12.8. The molecule has 1 amide bonds. The average molecular weight is 644 g/mol. The van der Waals surface area contributed by atoms with Crippen molar-refractivity contribution in [1.82, 2.24) is 5.32 Å². The van der Waals surface area contributed by atoms with Crippen LogP contribution in [0.2, 0.25) is 0 Å². The molecule has 1 heterocycles. The Balaban J connectivity index is 1.89. The van der Waals surface area contributed by atoms with Crippen molar-refractivity contribution >= 4 is 17.7 Å². The van der Waals surface area contributed by atoms with Crippen LogP contribution in [-0.2, 0) is 20.8 Å². The van der Waals surface area contributed by atoms with E-state index in [1.807, 2.05) is 27.7 Å². The number of benzene rings is 1. The second-order valence-electron chi connectivity index (χ2n) is 15.0. The molecule has 1 aliphatic rings. The van der Waals surface area contributed by atoms with Crippen molar-refractivity contribution in [3.8, 4) is 11.5 Å². The van der Waals surface area contributed by atoms with E-state index < -0.39 is 17.9 Å². The van der Waals surface area contributed by atoms with E-state index in [1.54, 1.807) is 0 Å². The number of nitrogens with one attached hydrogen (secondary N) is 1. The third-order valence-electron chi connectivity index (χ3n) is 10.1. The Morgan fingerprint density at radius 1 is 0.870 bits per heavy atom. The molecule has 1 aromatic rings. The van der Waals surface area contributed by atoms with Crippen molar-refractivity contribution in [2.45, 2.75) is 170 Å². The normalized spacial score (nSPS) is 18.0.